The van der Waals surface area contributed by atoms with Crippen molar-refractivity contribution in [2.24, 2.45) is 0 Å². The Balaban J connectivity index is 1.90. The van der Waals surface area contributed by atoms with Gasteiger partial charge in [0.05, 0.1) is 24.6 Å². The van der Waals surface area contributed by atoms with Crippen molar-refractivity contribution in [2.45, 2.75) is 32.9 Å². The first-order valence-electron chi connectivity index (χ1n) is 8.50. The molecule has 0 saturated heterocycles. The molecule has 0 spiro atoms. The summed E-state index contributed by atoms with van der Waals surface area (Å²) in [6.07, 6.45) is 2.62. The maximum Gasteiger partial charge on any atom is 0.407 e. The number of benzene rings is 1. The first-order valence-corrected chi connectivity index (χ1v) is 8.88. The van der Waals surface area contributed by atoms with Crippen LogP contribution in [0.15, 0.2) is 48.6 Å². The van der Waals surface area contributed by atoms with Crippen LogP contribution in [0, 0.1) is 0 Å². The summed E-state index contributed by atoms with van der Waals surface area (Å²) in [5, 5.41) is 9.81. The Morgan fingerprint density at radius 3 is 2.57 bits per heavy atom. The van der Waals surface area contributed by atoms with E-state index >= 15 is 0 Å². The lowest BCUT2D eigenvalue weighted by Gasteiger charge is -2.20. The minimum atomic E-state index is -0.643. The highest BCUT2D eigenvalue weighted by atomic mass is 35.5. The predicted molar refractivity (Wildman–Crippen MR) is 105 cm³/mol. The number of anilines is 1. The van der Waals surface area contributed by atoms with Gasteiger partial charge in [0.15, 0.2) is 0 Å². The zero-order chi connectivity index (χ0) is 20.7. The van der Waals surface area contributed by atoms with Gasteiger partial charge in [-0.25, -0.2) is 9.18 Å². The molecule has 0 unspecified atom stereocenters. The average molecular weight is 409 g/mol. The zero-order valence-electron chi connectivity index (χ0n) is 15.8. The molecule has 0 bridgehead atoms. The number of nitrogens with zero attached hydrogens (tertiary/aromatic N) is 2. The van der Waals surface area contributed by atoms with Crippen LogP contribution in [0.2, 0.25) is 5.02 Å². The van der Waals surface area contributed by atoms with Gasteiger partial charge in [-0.3, -0.25) is 9.48 Å². The van der Waals surface area contributed by atoms with E-state index in [9.17, 15) is 14.0 Å². The molecule has 2 amide bonds. The second-order valence-electron chi connectivity index (χ2n) is 7.01. The molecule has 9 heteroatoms. The number of carbonyl (C=O) groups is 2. The number of hydrogen-bond acceptors (Lipinski definition) is 4. The second-order valence-corrected chi connectivity index (χ2v) is 7.45. The maximum atomic E-state index is 13.1. The number of nitrogens with one attached hydrogen (secondary N) is 2. The average Bonchev–Trinajstić information content (AvgIpc) is 3.07. The topological polar surface area (TPSA) is 85.2 Å². The fraction of sp³-hybridized carbons (Fsp3) is 0.316. The van der Waals surface area contributed by atoms with Gasteiger partial charge in [0.2, 0.25) is 0 Å². The van der Waals surface area contributed by atoms with Gasteiger partial charge in [0.1, 0.15) is 5.60 Å². The highest BCUT2D eigenvalue weighted by Gasteiger charge is 2.16. The van der Waals surface area contributed by atoms with Crippen LogP contribution in [0.4, 0.5) is 14.9 Å². The third-order valence-corrected chi connectivity index (χ3v) is 3.63. The summed E-state index contributed by atoms with van der Waals surface area (Å²) in [7, 11) is 0. The van der Waals surface area contributed by atoms with Crippen molar-refractivity contribution in [3.63, 3.8) is 0 Å². The number of hydrogen-bond donors (Lipinski definition) is 2. The van der Waals surface area contributed by atoms with Crippen LogP contribution in [0.25, 0.3) is 0 Å². The lowest BCUT2D eigenvalue weighted by Crippen LogP contribution is -2.34. The van der Waals surface area contributed by atoms with Crippen molar-refractivity contribution in [2.75, 3.05) is 11.9 Å². The Hall–Kier alpha value is -2.87. The zero-order valence-corrected chi connectivity index (χ0v) is 16.6. The number of amides is 2. The minimum Gasteiger partial charge on any atom is -0.444 e. The Morgan fingerprint density at radius 2 is 1.96 bits per heavy atom. The summed E-state index contributed by atoms with van der Waals surface area (Å²) in [5.41, 5.74) is 0.526. The van der Waals surface area contributed by atoms with Gasteiger partial charge in [-0.1, -0.05) is 11.6 Å². The number of rotatable bonds is 6. The minimum absolute atomic E-state index is 0.0441. The molecule has 28 heavy (non-hydrogen) atoms. The molecule has 0 aliphatic rings. The molecule has 2 aromatic rings. The fourth-order valence-electron chi connectivity index (χ4n) is 2.14. The number of ether oxygens (including phenoxy) is 1. The van der Waals surface area contributed by atoms with Crippen LogP contribution in [0.5, 0.6) is 0 Å². The molecule has 150 valence electrons. The highest BCUT2D eigenvalue weighted by Crippen LogP contribution is 2.14. The molecule has 0 aliphatic carbocycles. The smallest absolute Gasteiger partial charge is 0.407 e. The molecule has 0 radical (unpaired) electrons. The maximum absolute atomic E-state index is 13.1. The Labute approximate surface area is 167 Å². The lowest BCUT2D eigenvalue weighted by molar-refractivity contribution is 0.0532. The van der Waals surface area contributed by atoms with Gasteiger partial charge in [0, 0.05) is 23.5 Å². The monoisotopic (exact) mass is 408 g/mol. The van der Waals surface area contributed by atoms with E-state index in [1.165, 1.54) is 17.1 Å². The van der Waals surface area contributed by atoms with E-state index < -0.39 is 11.7 Å². The molecule has 0 aliphatic heterocycles. The first kappa shape index (κ1) is 21.4. The summed E-state index contributed by atoms with van der Waals surface area (Å²) in [6, 6.07) is 6.68. The van der Waals surface area contributed by atoms with Crippen LogP contribution in [-0.2, 0) is 11.3 Å². The van der Waals surface area contributed by atoms with Crippen molar-refractivity contribution in [1.29, 1.82) is 0 Å². The van der Waals surface area contributed by atoms with Gasteiger partial charge in [0.25, 0.3) is 5.91 Å². The van der Waals surface area contributed by atoms with Crippen molar-refractivity contribution >= 4 is 29.3 Å². The molecule has 2 N–H and O–H groups in total. The lowest BCUT2D eigenvalue weighted by atomic mass is 10.2. The van der Waals surface area contributed by atoms with E-state index in [1.54, 1.807) is 45.0 Å². The molecular weight excluding hydrogens is 387 g/mol. The van der Waals surface area contributed by atoms with Crippen LogP contribution in [-0.4, -0.2) is 33.9 Å². The molecular formula is C19H22ClFN4O3. The van der Waals surface area contributed by atoms with Crippen LogP contribution >= 0.6 is 11.6 Å². The number of halogens is 2. The molecule has 1 aromatic carbocycles. The molecule has 0 fully saturated rings. The van der Waals surface area contributed by atoms with E-state index in [0.717, 1.165) is 0 Å². The second kappa shape index (κ2) is 9.36. The predicted octanol–water partition coefficient (Wildman–Crippen LogP) is 4.17. The number of carbonyl (C=O) groups excluding carboxylic acids is 2. The standard InChI is InChI=1S/C19H22ClFN4O3/c1-19(2,3)28-18(27)22-9-13(8-21)11-25-12-14(10-23-25)17(26)24-16-6-4-15(20)5-7-16/h4-8,10,12H,9,11H2,1-3H3,(H,22,27)(H,24,26)/b13-8+. The van der Waals surface area contributed by atoms with E-state index in [2.05, 4.69) is 15.7 Å². The highest BCUT2D eigenvalue weighted by molar-refractivity contribution is 6.30. The van der Waals surface area contributed by atoms with E-state index in [0.29, 0.717) is 22.6 Å². The molecule has 7 nitrogen and oxygen atoms in total. The van der Waals surface area contributed by atoms with Crippen LogP contribution < -0.4 is 10.6 Å². The summed E-state index contributed by atoms with van der Waals surface area (Å²) in [6.45, 7) is 5.23. The van der Waals surface area contributed by atoms with Crippen LogP contribution in [0.3, 0.4) is 0 Å². The Kier molecular flexibility index (Phi) is 7.17. The van der Waals surface area contributed by atoms with Crippen molar-refractivity contribution in [3.05, 3.63) is 59.1 Å². The summed E-state index contributed by atoms with van der Waals surface area (Å²) in [5.74, 6) is -0.355. The number of aromatic nitrogens is 2. The summed E-state index contributed by atoms with van der Waals surface area (Å²) in [4.78, 5) is 23.9. The van der Waals surface area contributed by atoms with Gasteiger partial charge < -0.3 is 15.4 Å². The summed E-state index contributed by atoms with van der Waals surface area (Å²) >= 11 is 5.81. The normalized spacial score (nSPS) is 11.8. The Morgan fingerprint density at radius 1 is 1.29 bits per heavy atom. The van der Waals surface area contributed by atoms with Gasteiger partial charge in [-0.05, 0) is 50.6 Å². The van der Waals surface area contributed by atoms with E-state index in [1.807, 2.05) is 0 Å². The molecule has 1 aromatic heterocycles. The summed E-state index contributed by atoms with van der Waals surface area (Å²) < 4.78 is 19.6. The first-order chi connectivity index (χ1) is 13.2. The van der Waals surface area contributed by atoms with E-state index in [4.69, 9.17) is 16.3 Å². The van der Waals surface area contributed by atoms with Crippen molar-refractivity contribution in [1.82, 2.24) is 15.1 Å². The molecule has 2 rings (SSSR count). The van der Waals surface area contributed by atoms with Gasteiger partial charge in [-0.2, -0.15) is 5.10 Å². The van der Waals surface area contributed by atoms with Crippen molar-refractivity contribution < 1.29 is 18.7 Å². The third-order valence-electron chi connectivity index (χ3n) is 3.38. The molecule has 0 saturated carbocycles. The molecule has 1 heterocycles. The SMILES string of the molecule is CC(C)(C)OC(=O)NC/C(=C\F)Cn1cc(C(=O)Nc2ccc(Cl)cc2)cn1. The quantitative estimate of drug-likeness (QED) is 0.751. The van der Waals surface area contributed by atoms with Gasteiger partial charge in [-0.15, -0.1) is 0 Å². The van der Waals surface area contributed by atoms with Gasteiger partial charge >= 0.3 is 6.09 Å². The number of alkyl carbamates (subject to hydrolysis) is 1. The fourth-order valence-corrected chi connectivity index (χ4v) is 2.27. The van der Waals surface area contributed by atoms with Crippen molar-refractivity contribution in [3.8, 4) is 0 Å². The largest absolute Gasteiger partial charge is 0.444 e. The molecule has 0 atom stereocenters. The Bertz CT molecular complexity index is 857. The third kappa shape index (κ3) is 7.03. The van der Waals surface area contributed by atoms with Crippen LogP contribution in [0.1, 0.15) is 31.1 Å². The van der Waals surface area contributed by atoms with E-state index in [-0.39, 0.29) is 24.6 Å².